The first kappa shape index (κ1) is 13.0. The Morgan fingerprint density at radius 3 is 2.31 bits per heavy atom. The van der Waals surface area contributed by atoms with Crippen molar-refractivity contribution in [2.45, 2.75) is 34.1 Å². The molecule has 92 valence electrons. The molecule has 0 radical (unpaired) electrons. The molecule has 2 N–H and O–H groups in total. The van der Waals surface area contributed by atoms with Gasteiger partial charge in [-0.3, -0.25) is 9.59 Å². The van der Waals surface area contributed by atoms with Gasteiger partial charge in [-0.15, -0.1) is 0 Å². The van der Waals surface area contributed by atoms with Crippen LogP contribution in [0.3, 0.4) is 0 Å². The number of aliphatic carboxylic acids is 1. The predicted octanol–water partition coefficient (Wildman–Crippen LogP) is 1.51. The molecule has 1 fully saturated rings. The van der Waals surface area contributed by atoms with Crippen LogP contribution < -0.4 is 5.32 Å². The van der Waals surface area contributed by atoms with Gasteiger partial charge in [0.25, 0.3) is 0 Å². The zero-order chi connectivity index (χ0) is 12.5. The summed E-state index contributed by atoms with van der Waals surface area (Å²) in [6.45, 7) is 9.03. The van der Waals surface area contributed by atoms with Crippen LogP contribution in [0.25, 0.3) is 0 Å². The van der Waals surface area contributed by atoms with E-state index in [1.54, 1.807) is 0 Å². The second-order valence-electron chi connectivity index (χ2n) is 5.65. The second-order valence-corrected chi connectivity index (χ2v) is 5.65. The number of carbonyl (C=O) groups is 2. The number of amides is 1. The number of carboxylic acids is 1. The average molecular weight is 227 g/mol. The van der Waals surface area contributed by atoms with Gasteiger partial charge in [0.1, 0.15) is 0 Å². The van der Waals surface area contributed by atoms with Crippen LogP contribution in [0.1, 0.15) is 34.1 Å². The van der Waals surface area contributed by atoms with Crippen molar-refractivity contribution in [3.8, 4) is 0 Å². The van der Waals surface area contributed by atoms with E-state index in [2.05, 4.69) is 33.0 Å². The highest BCUT2D eigenvalue weighted by molar-refractivity contribution is 5.89. The molecule has 0 bridgehead atoms. The largest absolute Gasteiger partial charge is 0.481 e. The van der Waals surface area contributed by atoms with Crippen molar-refractivity contribution in [1.29, 1.82) is 0 Å². The predicted molar refractivity (Wildman–Crippen MR) is 60.9 cm³/mol. The van der Waals surface area contributed by atoms with Gasteiger partial charge < -0.3 is 10.4 Å². The molecular weight excluding hydrogens is 206 g/mol. The summed E-state index contributed by atoms with van der Waals surface area (Å²) in [6, 6.07) is 0. The Balaban J connectivity index is 2.35. The Kier molecular flexibility index (Phi) is 3.61. The monoisotopic (exact) mass is 227 g/mol. The fourth-order valence-corrected chi connectivity index (χ4v) is 1.41. The van der Waals surface area contributed by atoms with Crippen LogP contribution in [0.15, 0.2) is 0 Å². The molecule has 0 aromatic rings. The van der Waals surface area contributed by atoms with E-state index in [-0.39, 0.29) is 17.2 Å². The van der Waals surface area contributed by atoms with Crippen LogP contribution in [0, 0.1) is 23.2 Å². The molecule has 0 aliphatic heterocycles. The van der Waals surface area contributed by atoms with Crippen molar-refractivity contribution in [3.05, 3.63) is 0 Å². The average Bonchev–Trinajstić information content (AvgIpc) is 2.93. The molecule has 1 rings (SSSR count). The Hall–Kier alpha value is -1.06. The molecule has 1 aliphatic carbocycles. The summed E-state index contributed by atoms with van der Waals surface area (Å²) in [7, 11) is 0. The number of hydrogen-bond acceptors (Lipinski definition) is 2. The minimum absolute atomic E-state index is 0.0449. The molecule has 2 unspecified atom stereocenters. The normalized spacial score (nSPS) is 24.3. The molecule has 4 nitrogen and oxygen atoms in total. The Morgan fingerprint density at radius 1 is 1.38 bits per heavy atom. The molecule has 0 aromatic carbocycles. The minimum atomic E-state index is -0.858. The van der Waals surface area contributed by atoms with Gasteiger partial charge in [0.2, 0.25) is 5.91 Å². The number of rotatable bonds is 5. The topological polar surface area (TPSA) is 66.4 Å². The van der Waals surface area contributed by atoms with Crippen molar-refractivity contribution in [2.24, 2.45) is 23.2 Å². The third kappa shape index (κ3) is 2.97. The van der Waals surface area contributed by atoms with E-state index < -0.39 is 11.9 Å². The number of carbonyl (C=O) groups excluding carboxylic acids is 1. The van der Waals surface area contributed by atoms with E-state index in [9.17, 15) is 9.59 Å². The maximum atomic E-state index is 11.6. The third-order valence-corrected chi connectivity index (χ3v) is 3.73. The van der Waals surface area contributed by atoms with E-state index in [1.165, 1.54) is 0 Å². The van der Waals surface area contributed by atoms with Crippen molar-refractivity contribution in [2.75, 3.05) is 6.54 Å². The first-order valence-electron chi connectivity index (χ1n) is 5.76. The molecule has 0 heterocycles. The zero-order valence-electron chi connectivity index (χ0n) is 10.4. The summed E-state index contributed by atoms with van der Waals surface area (Å²) < 4.78 is 0. The van der Waals surface area contributed by atoms with Crippen molar-refractivity contribution < 1.29 is 14.7 Å². The zero-order valence-corrected chi connectivity index (χ0v) is 10.4. The van der Waals surface area contributed by atoms with Crippen LogP contribution in [0.5, 0.6) is 0 Å². The van der Waals surface area contributed by atoms with Gasteiger partial charge in [-0.25, -0.2) is 0 Å². The summed E-state index contributed by atoms with van der Waals surface area (Å²) in [5.74, 6) is -1.26. The molecule has 0 saturated heterocycles. The van der Waals surface area contributed by atoms with Gasteiger partial charge in [0.15, 0.2) is 0 Å². The van der Waals surface area contributed by atoms with Gasteiger partial charge in [-0.2, -0.15) is 0 Å². The van der Waals surface area contributed by atoms with Gasteiger partial charge in [-0.1, -0.05) is 27.7 Å². The lowest BCUT2D eigenvalue weighted by molar-refractivity contribution is -0.140. The van der Waals surface area contributed by atoms with Crippen molar-refractivity contribution >= 4 is 11.9 Å². The molecule has 1 aliphatic rings. The summed E-state index contributed by atoms with van der Waals surface area (Å²) in [5, 5.41) is 11.6. The lowest BCUT2D eigenvalue weighted by atomic mass is 9.81. The molecular formula is C12H21NO3. The van der Waals surface area contributed by atoms with Crippen LogP contribution >= 0.6 is 0 Å². The highest BCUT2D eigenvalue weighted by Gasteiger charge is 2.48. The van der Waals surface area contributed by atoms with E-state index in [1.807, 2.05) is 0 Å². The van der Waals surface area contributed by atoms with Crippen molar-refractivity contribution in [3.63, 3.8) is 0 Å². The van der Waals surface area contributed by atoms with E-state index in [0.717, 1.165) is 0 Å². The smallest absolute Gasteiger partial charge is 0.307 e. The lowest BCUT2D eigenvalue weighted by Gasteiger charge is -2.29. The minimum Gasteiger partial charge on any atom is -0.481 e. The molecule has 1 saturated carbocycles. The Morgan fingerprint density at radius 2 is 1.94 bits per heavy atom. The van der Waals surface area contributed by atoms with Gasteiger partial charge in [0.05, 0.1) is 11.8 Å². The van der Waals surface area contributed by atoms with Crippen molar-refractivity contribution in [1.82, 2.24) is 5.32 Å². The van der Waals surface area contributed by atoms with E-state index >= 15 is 0 Å². The first-order valence-corrected chi connectivity index (χ1v) is 5.76. The molecule has 2 atom stereocenters. The summed E-state index contributed by atoms with van der Waals surface area (Å²) in [6.07, 6.45) is 0.489. The summed E-state index contributed by atoms with van der Waals surface area (Å²) in [5.41, 5.74) is 0.0449. The van der Waals surface area contributed by atoms with Crippen LogP contribution in [0.4, 0.5) is 0 Å². The summed E-state index contributed by atoms with van der Waals surface area (Å²) in [4.78, 5) is 22.2. The third-order valence-electron chi connectivity index (χ3n) is 3.73. The maximum absolute atomic E-state index is 11.6. The summed E-state index contributed by atoms with van der Waals surface area (Å²) >= 11 is 0. The fourth-order valence-electron chi connectivity index (χ4n) is 1.41. The van der Waals surface area contributed by atoms with E-state index in [4.69, 9.17) is 5.11 Å². The van der Waals surface area contributed by atoms with Gasteiger partial charge >= 0.3 is 5.97 Å². The highest BCUT2D eigenvalue weighted by Crippen LogP contribution is 2.38. The standard InChI is InChI=1S/C12H21NO3/c1-7(2)12(3,4)6-13-10(14)8-5-9(8)11(15)16/h7-9H,5-6H2,1-4H3,(H,13,14)(H,15,16). The fraction of sp³-hybridized carbons (Fsp3) is 0.833. The lowest BCUT2D eigenvalue weighted by Crippen LogP contribution is -2.38. The van der Waals surface area contributed by atoms with Crippen LogP contribution in [0.2, 0.25) is 0 Å². The molecule has 0 aromatic heterocycles. The van der Waals surface area contributed by atoms with Gasteiger partial charge in [-0.05, 0) is 17.8 Å². The number of hydrogen-bond donors (Lipinski definition) is 2. The molecule has 0 spiro atoms. The second kappa shape index (κ2) is 4.44. The van der Waals surface area contributed by atoms with Crippen LogP contribution in [-0.2, 0) is 9.59 Å². The SMILES string of the molecule is CC(C)C(C)(C)CNC(=O)C1CC1C(=O)O. The molecule has 1 amide bonds. The van der Waals surface area contributed by atoms with Crippen LogP contribution in [-0.4, -0.2) is 23.5 Å². The molecule has 16 heavy (non-hydrogen) atoms. The van der Waals surface area contributed by atoms with Gasteiger partial charge in [0, 0.05) is 6.54 Å². The number of carboxylic acid groups (broad SMARTS) is 1. The quantitative estimate of drug-likeness (QED) is 0.748. The Bertz CT molecular complexity index is 297. The highest BCUT2D eigenvalue weighted by atomic mass is 16.4. The molecule has 4 heteroatoms. The first-order chi connectivity index (χ1) is 7.25. The van der Waals surface area contributed by atoms with E-state index in [0.29, 0.717) is 18.9 Å². The number of nitrogens with one attached hydrogen (secondary N) is 1. The maximum Gasteiger partial charge on any atom is 0.307 e. The Labute approximate surface area is 96.4 Å².